The van der Waals surface area contributed by atoms with Crippen LogP contribution in [0.25, 0.3) is 0 Å². The Balaban J connectivity index is 1.87. The van der Waals surface area contributed by atoms with Gasteiger partial charge in [0.05, 0.1) is 0 Å². The van der Waals surface area contributed by atoms with Gasteiger partial charge < -0.3 is 5.32 Å². The summed E-state index contributed by atoms with van der Waals surface area (Å²) in [5.41, 5.74) is 1.13. The van der Waals surface area contributed by atoms with E-state index in [4.69, 9.17) is 0 Å². The van der Waals surface area contributed by atoms with E-state index in [0.29, 0.717) is 17.8 Å². The van der Waals surface area contributed by atoms with Crippen LogP contribution in [0.4, 0.5) is 4.39 Å². The van der Waals surface area contributed by atoms with Crippen LogP contribution in [0.1, 0.15) is 31.7 Å². The molecule has 94 valence electrons. The maximum atomic E-state index is 13.2. The summed E-state index contributed by atoms with van der Waals surface area (Å²) in [4.78, 5) is 0. The van der Waals surface area contributed by atoms with E-state index in [-0.39, 0.29) is 5.82 Å². The molecule has 1 aromatic rings. The van der Waals surface area contributed by atoms with Crippen LogP contribution in [0.3, 0.4) is 0 Å². The van der Waals surface area contributed by atoms with E-state index in [9.17, 15) is 4.39 Å². The van der Waals surface area contributed by atoms with Crippen LogP contribution in [0.5, 0.6) is 0 Å². The Morgan fingerprint density at radius 3 is 2.94 bits per heavy atom. The maximum absolute atomic E-state index is 13.2. The summed E-state index contributed by atoms with van der Waals surface area (Å²) in [6.45, 7) is 6.53. The van der Waals surface area contributed by atoms with Gasteiger partial charge in [0.2, 0.25) is 0 Å². The normalized spacial score (nSPS) is 23.1. The molecule has 3 heteroatoms. The lowest BCUT2D eigenvalue weighted by molar-refractivity contribution is 0.532. The molecule has 17 heavy (non-hydrogen) atoms. The van der Waals surface area contributed by atoms with E-state index in [2.05, 4.69) is 35.1 Å². The molecule has 0 amide bonds. The van der Waals surface area contributed by atoms with Crippen LogP contribution < -0.4 is 5.32 Å². The Kier molecular flexibility index (Phi) is 4.21. The molecule has 1 nitrogen and oxygen atoms in total. The molecule has 0 aliphatic heterocycles. The van der Waals surface area contributed by atoms with Crippen molar-refractivity contribution in [3.05, 3.63) is 34.1 Å². The third kappa shape index (κ3) is 3.52. The molecular formula is C14H19BrFN. The van der Waals surface area contributed by atoms with Gasteiger partial charge in [0.25, 0.3) is 0 Å². The number of hydrogen-bond acceptors (Lipinski definition) is 1. The van der Waals surface area contributed by atoms with Gasteiger partial charge in [-0.3, -0.25) is 0 Å². The Bertz CT molecular complexity index is 392. The lowest BCUT2D eigenvalue weighted by atomic mass is 10.1. The molecule has 0 saturated heterocycles. The zero-order chi connectivity index (χ0) is 12.4. The fourth-order valence-corrected chi connectivity index (χ4v) is 2.75. The standard InChI is InChI=1S/C14H19BrFN/c1-9(2)7-17-8-10-5-12(10)13-6-11(16)3-4-14(13)15/h3-4,6,9-10,12,17H,5,7-8H2,1-2H3. The molecule has 0 aromatic heterocycles. The summed E-state index contributed by atoms with van der Waals surface area (Å²) in [5, 5.41) is 3.47. The topological polar surface area (TPSA) is 12.0 Å². The van der Waals surface area contributed by atoms with Gasteiger partial charge in [-0.05, 0) is 61.0 Å². The quantitative estimate of drug-likeness (QED) is 0.868. The van der Waals surface area contributed by atoms with Crippen molar-refractivity contribution in [2.24, 2.45) is 11.8 Å². The number of hydrogen-bond donors (Lipinski definition) is 1. The van der Waals surface area contributed by atoms with Crippen molar-refractivity contribution >= 4 is 15.9 Å². The van der Waals surface area contributed by atoms with E-state index >= 15 is 0 Å². The molecule has 0 heterocycles. The van der Waals surface area contributed by atoms with Crippen molar-refractivity contribution < 1.29 is 4.39 Å². The Hall–Kier alpha value is -0.410. The van der Waals surface area contributed by atoms with Crippen molar-refractivity contribution in [1.82, 2.24) is 5.32 Å². The number of rotatable bonds is 5. The second-order valence-corrected chi connectivity index (χ2v) is 6.17. The van der Waals surface area contributed by atoms with Gasteiger partial charge in [-0.15, -0.1) is 0 Å². The van der Waals surface area contributed by atoms with E-state index < -0.39 is 0 Å². The average molecular weight is 300 g/mol. The first kappa shape index (κ1) is 13.0. The summed E-state index contributed by atoms with van der Waals surface area (Å²) < 4.78 is 14.2. The highest BCUT2D eigenvalue weighted by molar-refractivity contribution is 9.10. The molecule has 1 aromatic carbocycles. The minimum absolute atomic E-state index is 0.135. The van der Waals surface area contributed by atoms with Crippen molar-refractivity contribution in [3.63, 3.8) is 0 Å². The van der Waals surface area contributed by atoms with Crippen LogP contribution in [-0.2, 0) is 0 Å². The molecule has 2 rings (SSSR count). The number of halogens is 2. The Morgan fingerprint density at radius 1 is 1.47 bits per heavy atom. The van der Waals surface area contributed by atoms with Crippen molar-refractivity contribution in [3.8, 4) is 0 Å². The van der Waals surface area contributed by atoms with Crippen molar-refractivity contribution in [2.45, 2.75) is 26.2 Å². The van der Waals surface area contributed by atoms with Gasteiger partial charge in [-0.25, -0.2) is 4.39 Å². The molecular weight excluding hydrogens is 281 g/mol. The number of nitrogens with one attached hydrogen (secondary N) is 1. The largest absolute Gasteiger partial charge is 0.316 e. The van der Waals surface area contributed by atoms with E-state index in [1.54, 1.807) is 6.07 Å². The summed E-state index contributed by atoms with van der Waals surface area (Å²) in [5.74, 6) is 1.75. The van der Waals surface area contributed by atoms with Crippen LogP contribution in [-0.4, -0.2) is 13.1 Å². The fraction of sp³-hybridized carbons (Fsp3) is 0.571. The summed E-state index contributed by atoms with van der Waals surface area (Å²) in [6, 6.07) is 4.97. The van der Waals surface area contributed by atoms with Crippen LogP contribution in [0.15, 0.2) is 22.7 Å². The van der Waals surface area contributed by atoms with Crippen molar-refractivity contribution in [2.75, 3.05) is 13.1 Å². The number of benzene rings is 1. The zero-order valence-corrected chi connectivity index (χ0v) is 11.9. The SMILES string of the molecule is CC(C)CNCC1CC1c1cc(F)ccc1Br. The van der Waals surface area contributed by atoms with Crippen LogP contribution >= 0.6 is 15.9 Å². The molecule has 0 bridgehead atoms. The van der Waals surface area contributed by atoms with Gasteiger partial charge in [0, 0.05) is 4.47 Å². The molecule has 1 saturated carbocycles. The fourth-order valence-electron chi connectivity index (χ4n) is 2.21. The second kappa shape index (κ2) is 5.49. The summed E-state index contributed by atoms with van der Waals surface area (Å²) >= 11 is 3.50. The highest BCUT2D eigenvalue weighted by atomic mass is 79.9. The zero-order valence-electron chi connectivity index (χ0n) is 10.3. The van der Waals surface area contributed by atoms with Gasteiger partial charge in [0.1, 0.15) is 5.82 Å². The molecule has 1 aliphatic rings. The highest BCUT2D eigenvalue weighted by Gasteiger charge is 2.38. The average Bonchev–Trinajstić information content (AvgIpc) is 3.00. The van der Waals surface area contributed by atoms with Crippen LogP contribution in [0, 0.1) is 17.7 Å². The van der Waals surface area contributed by atoms with Gasteiger partial charge >= 0.3 is 0 Å². The third-order valence-corrected chi connectivity index (χ3v) is 3.96. The third-order valence-electron chi connectivity index (χ3n) is 3.24. The van der Waals surface area contributed by atoms with Crippen molar-refractivity contribution in [1.29, 1.82) is 0 Å². The minimum atomic E-state index is -0.135. The van der Waals surface area contributed by atoms with E-state index in [1.165, 1.54) is 12.5 Å². The van der Waals surface area contributed by atoms with Gasteiger partial charge in [-0.1, -0.05) is 29.8 Å². The molecule has 1 fully saturated rings. The first-order chi connectivity index (χ1) is 8.08. The molecule has 1 N–H and O–H groups in total. The highest BCUT2D eigenvalue weighted by Crippen LogP contribution is 2.49. The van der Waals surface area contributed by atoms with Crippen LogP contribution in [0.2, 0.25) is 0 Å². The summed E-state index contributed by atoms with van der Waals surface area (Å²) in [7, 11) is 0. The van der Waals surface area contributed by atoms with E-state index in [1.807, 2.05) is 6.07 Å². The van der Waals surface area contributed by atoms with Gasteiger partial charge in [-0.2, -0.15) is 0 Å². The predicted octanol–water partition coefficient (Wildman–Crippen LogP) is 3.94. The monoisotopic (exact) mass is 299 g/mol. The van der Waals surface area contributed by atoms with E-state index in [0.717, 1.165) is 23.1 Å². The molecule has 0 spiro atoms. The maximum Gasteiger partial charge on any atom is 0.123 e. The molecule has 2 unspecified atom stereocenters. The van der Waals surface area contributed by atoms with Gasteiger partial charge in [0.15, 0.2) is 0 Å². The minimum Gasteiger partial charge on any atom is -0.316 e. The first-order valence-corrected chi connectivity index (χ1v) is 7.03. The summed E-state index contributed by atoms with van der Waals surface area (Å²) in [6.07, 6.45) is 1.17. The molecule has 0 radical (unpaired) electrons. The molecule has 2 atom stereocenters. The Labute approximate surface area is 111 Å². The lowest BCUT2D eigenvalue weighted by Crippen LogP contribution is -2.22. The first-order valence-electron chi connectivity index (χ1n) is 6.23. The lowest BCUT2D eigenvalue weighted by Gasteiger charge is -2.07. The molecule has 1 aliphatic carbocycles. The predicted molar refractivity (Wildman–Crippen MR) is 72.7 cm³/mol. The Morgan fingerprint density at radius 2 is 2.24 bits per heavy atom. The second-order valence-electron chi connectivity index (χ2n) is 5.32. The smallest absolute Gasteiger partial charge is 0.123 e.